The lowest BCUT2D eigenvalue weighted by molar-refractivity contribution is -0.137. The molecule has 0 fully saturated rings. The van der Waals surface area contributed by atoms with Gasteiger partial charge in [0, 0.05) is 0 Å². The van der Waals surface area contributed by atoms with Crippen molar-refractivity contribution in [2.24, 2.45) is 10.4 Å². The predicted octanol–water partition coefficient (Wildman–Crippen LogP) is 3.97. The van der Waals surface area contributed by atoms with Crippen molar-refractivity contribution in [3.05, 3.63) is 48.8 Å². The third-order valence-electron chi connectivity index (χ3n) is 3.37. The van der Waals surface area contributed by atoms with Gasteiger partial charge in [0.15, 0.2) is 22.2 Å². The molecule has 3 rings (SSSR count). The minimum atomic E-state index is -4.68. The van der Waals surface area contributed by atoms with E-state index in [0.717, 1.165) is 16.0 Å². The molecule has 0 saturated heterocycles. The van der Waals surface area contributed by atoms with Crippen LogP contribution >= 0.6 is 34.5 Å². The first-order chi connectivity index (χ1) is 13.7. The number of rotatable bonds is 3. The molecule has 2 heterocycles. The first-order valence-corrected chi connectivity index (χ1v) is 8.70. The van der Waals surface area contributed by atoms with Crippen LogP contribution in [-0.2, 0) is 6.18 Å². The molecule has 2 aromatic heterocycles. The van der Waals surface area contributed by atoms with E-state index in [4.69, 9.17) is 33.7 Å². The molecular formula is C14H3Cl2F3N8OS. The SMILES string of the molecule is N#Cc1nc(-c2nn(-c3c(Cl)cc(C(F)(F)F)cc3Cl)c(=NN=O)s2)[nH]c1C#N. The molecule has 0 radical (unpaired) electrons. The molecule has 0 saturated carbocycles. The molecule has 1 aromatic carbocycles. The standard InChI is InChI=1S/C14H3Cl2F3N8OS/c15-6-1-5(14(17,18)19)2-7(16)10(6)27-13(24-26-28)29-12(25-27)11-22-8(3-20)9(4-21)23-11/h1-2H,(H,22,23). The molecule has 0 aliphatic carbocycles. The Labute approximate surface area is 172 Å². The van der Waals surface area contributed by atoms with Crippen LogP contribution in [0.25, 0.3) is 16.5 Å². The maximum absolute atomic E-state index is 12.9. The summed E-state index contributed by atoms with van der Waals surface area (Å²) in [7, 11) is 0. The fraction of sp³-hybridized carbons (Fsp3) is 0.0714. The Bertz CT molecular complexity index is 1220. The molecule has 9 nitrogen and oxygen atoms in total. The summed E-state index contributed by atoms with van der Waals surface area (Å²) in [5, 5.41) is 27.0. The lowest BCUT2D eigenvalue weighted by Crippen LogP contribution is -2.16. The second kappa shape index (κ2) is 7.63. The molecule has 15 heteroatoms. The number of halogens is 5. The van der Waals surface area contributed by atoms with Crippen molar-refractivity contribution in [2.75, 3.05) is 0 Å². The fourth-order valence-electron chi connectivity index (χ4n) is 2.19. The summed E-state index contributed by atoms with van der Waals surface area (Å²) in [5.74, 6) is -0.0108. The van der Waals surface area contributed by atoms with Crippen LogP contribution in [0.3, 0.4) is 0 Å². The second-order valence-electron chi connectivity index (χ2n) is 5.10. The van der Waals surface area contributed by atoms with Crippen molar-refractivity contribution >= 4 is 34.5 Å². The number of nitrogens with one attached hydrogen (secondary N) is 1. The number of alkyl halides is 3. The Balaban J connectivity index is 2.24. The molecule has 0 amide bonds. The van der Waals surface area contributed by atoms with E-state index in [0.29, 0.717) is 12.1 Å². The van der Waals surface area contributed by atoms with Crippen LogP contribution in [-0.4, -0.2) is 19.7 Å². The van der Waals surface area contributed by atoms with Crippen molar-refractivity contribution in [1.82, 2.24) is 19.7 Å². The highest BCUT2D eigenvalue weighted by atomic mass is 35.5. The molecule has 1 N–H and O–H groups in total. The van der Waals surface area contributed by atoms with E-state index in [1.165, 1.54) is 0 Å². The number of hydrogen-bond donors (Lipinski definition) is 1. The third-order valence-corrected chi connectivity index (χ3v) is 4.85. The van der Waals surface area contributed by atoms with Crippen molar-refractivity contribution in [2.45, 2.75) is 6.18 Å². The minimum Gasteiger partial charge on any atom is -0.327 e. The molecule has 146 valence electrons. The smallest absolute Gasteiger partial charge is 0.327 e. The van der Waals surface area contributed by atoms with Crippen molar-refractivity contribution in [1.29, 1.82) is 10.5 Å². The van der Waals surface area contributed by atoms with Gasteiger partial charge < -0.3 is 4.98 Å². The van der Waals surface area contributed by atoms with Gasteiger partial charge in [-0.25, -0.2) is 9.67 Å². The summed E-state index contributed by atoms with van der Waals surface area (Å²) in [6, 6.07) is 4.74. The van der Waals surface area contributed by atoms with Crippen LogP contribution in [0.2, 0.25) is 10.0 Å². The van der Waals surface area contributed by atoms with E-state index in [-0.39, 0.29) is 32.7 Å². The number of benzene rings is 1. The number of nitriles is 2. The van der Waals surface area contributed by atoms with Gasteiger partial charge in [-0.3, -0.25) is 0 Å². The Morgan fingerprint density at radius 2 is 1.86 bits per heavy atom. The number of nitroso groups, excluding NO2 is 1. The van der Waals surface area contributed by atoms with Crippen LogP contribution in [0.5, 0.6) is 0 Å². The third kappa shape index (κ3) is 3.84. The summed E-state index contributed by atoms with van der Waals surface area (Å²) in [6.07, 6.45) is -4.68. The maximum atomic E-state index is 12.9. The van der Waals surface area contributed by atoms with Gasteiger partial charge in [-0.1, -0.05) is 39.6 Å². The topological polar surface area (TPSA) is 136 Å². The molecule has 3 aromatic rings. The Morgan fingerprint density at radius 3 is 2.34 bits per heavy atom. The Kier molecular flexibility index (Phi) is 5.39. The van der Waals surface area contributed by atoms with Crippen molar-refractivity contribution in [3.8, 4) is 28.7 Å². The fourth-order valence-corrected chi connectivity index (χ4v) is 3.62. The van der Waals surface area contributed by atoms with Gasteiger partial charge in [0.25, 0.3) is 0 Å². The van der Waals surface area contributed by atoms with E-state index in [2.05, 4.69) is 25.5 Å². The quantitative estimate of drug-likeness (QED) is 0.467. The van der Waals surface area contributed by atoms with E-state index in [9.17, 15) is 18.1 Å². The lowest BCUT2D eigenvalue weighted by Gasteiger charge is -2.11. The molecule has 0 aliphatic rings. The number of aromatic amines is 1. The van der Waals surface area contributed by atoms with Gasteiger partial charge in [0.1, 0.15) is 17.8 Å². The predicted molar refractivity (Wildman–Crippen MR) is 94.8 cm³/mol. The highest BCUT2D eigenvalue weighted by Crippen LogP contribution is 2.37. The van der Waals surface area contributed by atoms with Crippen LogP contribution in [0, 0.1) is 27.6 Å². The zero-order chi connectivity index (χ0) is 21.3. The average Bonchev–Trinajstić information content (AvgIpc) is 3.24. The largest absolute Gasteiger partial charge is 0.416 e. The highest BCUT2D eigenvalue weighted by molar-refractivity contribution is 7.12. The highest BCUT2D eigenvalue weighted by Gasteiger charge is 2.32. The van der Waals surface area contributed by atoms with Gasteiger partial charge >= 0.3 is 6.18 Å². The van der Waals surface area contributed by atoms with E-state index in [1.54, 1.807) is 12.1 Å². The monoisotopic (exact) mass is 458 g/mol. The van der Waals surface area contributed by atoms with Crippen LogP contribution in [0.15, 0.2) is 22.5 Å². The normalized spacial score (nSPS) is 11.9. The summed E-state index contributed by atoms with van der Waals surface area (Å²) in [4.78, 5) is 16.9. The molecule has 29 heavy (non-hydrogen) atoms. The average molecular weight is 459 g/mol. The van der Waals surface area contributed by atoms with Gasteiger partial charge in [-0.2, -0.15) is 28.8 Å². The molecule has 0 bridgehead atoms. The summed E-state index contributed by atoms with van der Waals surface area (Å²) >= 11 is 12.7. The second-order valence-corrected chi connectivity index (χ2v) is 6.87. The van der Waals surface area contributed by atoms with Gasteiger partial charge in [-0.05, 0) is 12.1 Å². The summed E-state index contributed by atoms with van der Waals surface area (Å²) in [6.45, 7) is 0. The number of hydrogen-bond acceptors (Lipinski definition) is 7. The van der Waals surface area contributed by atoms with Crippen molar-refractivity contribution in [3.63, 3.8) is 0 Å². The van der Waals surface area contributed by atoms with Crippen molar-refractivity contribution < 1.29 is 13.2 Å². The van der Waals surface area contributed by atoms with Crippen LogP contribution < -0.4 is 4.80 Å². The number of H-pyrrole nitrogens is 1. The molecule has 0 aliphatic heterocycles. The summed E-state index contributed by atoms with van der Waals surface area (Å²) in [5.41, 5.74) is -1.58. The number of imidazole rings is 1. The molecule has 0 unspecified atom stereocenters. The number of aromatic nitrogens is 4. The Morgan fingerprint density at radius 1 is 1.21 bits per heavy atom. The minimum absolute atomic E-state index is 0.0108. The first-order valence-electron chi connectivity index (χ1n) is 7.13. The first kappa shape index (κ1) is 20.5. The lowest BCUT2D eigenvalue weighted by atomic mass is 10.2. The van der Waals surface area contributed by atoms with Gasteiger partial charge in [0.05, 0.1) is 20.9 Å². The van der Waals surface area contributed by atoms with E-state index >= 15 is 0 Å². The van der Waals surface area contributed by atoms with E-state index < -0.39 is 21.8 Å². The summed E-state index contributed by atoms with van der Waals surface area (Å²) < 4.78 is 39.7. The molecule has 0 atom stereocenters. The Hall–Kier alpha value is -3.26. The van der Waals surface area contributed by atoms with Gasteiger partial charge in [-0.15, -0.1) is 4.91 Å². The van der Waals surface area contributed by atoms with Crippen LogP contribution in [0.4, 0.5) is 13.2 Å². The van der Waals surface area contributed by atoms with Gasteiger partial charge in [0.2, 0.25) is 4.80 Å². The molecule has 0 spiro atoms. The zero-order valence-electron chi connectivity index (χ0n) is 13.5. The zero-order valence-corrected chi connectivity index (χ0v) is 15.8. The maximum Gasteiger partial charge on any atom is 0.416 e. The van der Waals surface area contributed by atoms with Crippen LogP contribution in [0.1, 0.15) is 17.0 Å². The molecular weight excluding hydrogens is 456 g/mol. The number of nitrogens with zero attached hydrogens (tertiary/aromatic N) is 7. The van der Waals surface area contributed by atoms with E-state index in [1.807, 2.05) is 0 Å².